The van der Waals surface area contributed by atoms with E-state index in [0.29, 0.717) is 11.1 Å². The van der Waals surface area contributed by atoms with Gasteiger partial charge in [0.2, 0.25) is 0 Å². The molecular weight excluding hydrogens is 246 g/mol. The molecule has 0 heterocycles. The molecule has 1 aromatic rings. The van der Waals surface area contributed by atoms with Crippen LogP contribution in [0, 0.1) is 23.7 Å². The summed E-state index contributed by atoms with van der Waals surface area (Å²) in [5.74, 6) is 4.09. The predicted molar refractivity (Wildman–Crippen MR) is 71.6 cm³/mol. The molecule has 2 bridgehead atoms. The standard InChI is InChI=1S/C15H18ClNO/c16-11-3-1-2-10(15(11)18)7-17-14-12-8-4-5-9(6-8)13(12)14/h1-3,8-9,12-14,17-18H,4-7H2. The summed E-state index contributed by atoms with van der Waals surface area (Å²) >= 11 is 5.92. The third-order valence-corrected chi connectivity index (χ3v) is 5.64. The van der Waals surface area contributed by atoms with Gasteiger partial charge >= 0.3 is 0 Å². The van der Waals surface area contributed by atoms with Gasteiger partial charge in [-0.25, -0.2) is 0 Å². The number of aromatic hydroxyl groups is 1. The van der Waals surface area contributed by atoms with Gasteiger partial charge in [0.05, 0.1) is 5.02 Å². The van der Waals surface area contributed by atoms with Crippen LogP contribution >= 0.6 is 11.6 Å². The van der Waals surface area contributed by atoms with Crippen LogP contribution in [0.25, 0.3) is 0 Å². The second-order valence-corrected chi connectivity index (χ2v) is 6.55. The van der Waals surface area contributed by atoms with E-state index in [0.717, 1.165) is 35.8 Å². The van der Waals surface area contributed by atoms with Crippen LogP contribution in [0.3, 0.4) is 0 Å². The number of phenolic OH excluding ortho intramolecular Hbond substituents is 1. The summed E-state index contributed by atoms with van der Waals surface area (Å²) in [6, 6.07) is 6.28. The average molecular weight is 264 g/mol. The Morgan fingerprint density at radius 1 is 1.22 bits per heavy atom. The third-order valence-electron chi connectivity index (χ3n) is 5.33. The van der Waals surface area contributed by atoms with Gasteiger partial charge in [-0.2, -0.15) is 0 Å². The van der Waals surface area contributed by atoms with Crippen LogP contribution in [0.15, 0.2) is 18.2 Å². The first-order chi connectivity index (χ1) is 8.75. The van der Waals surface area contributed by atoms with E-state index in [2.05, 4.69) is 5.32 Å². The van der Waals surface area contributed by atoms with Gasteiger partial charge in [0.25, 0.3) is 0 Å². The Kier molecular flexibility index (Phi) is 2.40. The van der Waals surface area contributed by atoms with Crippen LogP contribution in [-0.2, 0) is 6.54 Å². The van der Waals surface area contributed by atoms with Crippen molar-refractivity contribution in [1.82, 2.24) is 5.32 Å². The molecule has 0 saturated heterocycles. The molecule has 0 radical (unpaired) electrons. The summed E-state index contributed by atoms with van der Waals surface area (Å²) in [5.41, 5.74) is 0.917. The van der Waals surface area contributed by atoms with E-state index in [4.69, 9.17) is 11.6 Å². The molecule has 1 aromatic carbocycles. The lowest BCUT2D eigenvalue weighted by Gasteiger charge is -2.11. The first-order valence-electron chi connectivity index (χ1n) is 6.95. The van der Waals surface area contributed by atoms with Gasteiger partial charge in [-0.3, -0.25) is 0 Å². The Morgan fingerprint density at radius 3 is 2.67 bits per heavy atom. The van der Waals surface area contributed by atoms with Crippen molar-refractivity contribution in [3.8, 4) is 5.75 Å². The molecule has 96 valence electrons. The second-order valence-electron chi connectivity index (χ2n) is 6.14. The first-order valence-corrected chi connectivity index (χ1v) is 7.33. The van der Waals surface area contributed by atoms with Crippen molar-refractivity contribution in [2.24, 2.45) is 23.7 Å². The fourth-order valence-corrected chi connectivity index (χ4v) is 4.72. The number of nitrogens with one attached hydrogen (secondary N) is 1. The normalized spacial score (nSPS) is 39.9. The van der Waals surface area contributed by atoms with Gasteiger partial charge in [-0.15, -0.1) is 0 Å². The van der Waals surface area contributed by atoms with Gasteiger partial charge in [-0.1, -0.05) is 23.7 Å². The second kappa shape index (κ2) is 3.88. The van der Waals surface area contributed by atoms with E-state index in [9.17, 15) is 5.11 Å². The Hall–Kier alpha value is -0.730. The molecule has 2 nitrogen and oxygen atoms in total. The van der Waals surface area contributed by atoms with Crippen molar-refractivity contribution in [2.45, 2.75) is 31.8 Å². The van der Waals surface area contributed by atoms with E-state index in [-0.39, 0.29) is 5.75 Å². The van der Waals surface area contributed by atoms with E-state index in [1.807, 2.05) is 12.1 Å². The Bertz CT molecular complexity index is 473. The number of benzene rings is 1. The molecule has 0 aromatic heterocycles. The van der Waals surface area contributed by atoms with Crippen molar-refractivity contribution in [3.63, 3.8) is 0 Å². The highest BCUT2D eigenvalue weighted by molar-refractivity contribution is 6.32. The molecule has 3 saturated carbocycles. The number of hydrogen-bond acceptors (Lipinski definition) is 2. The molecule has 0 amide bonds. The fourth-order valence-electron chi connectivity index (χ4n) is 4.53. The number of hydrogen-bond donors (Lipinski definition) is 2. The molecule has 3 heteroatoms. The number of para-hydroxylation sites is 1. The topological polar surface area (TPSA) is 32.3 Å². The lowest BCUT2D eigenvalue weighted by molar-refractivity contribution is 0.445. The minimum Gasteiger partial charge on any atom is -0.506 e. The Morgan fingerprint density at radius 2 is 1.94 bits per heavy atom. The molecule has 3 aliphatic carbocycles. The zero-order valence-electron chi connectivity index (χ0n) is 10.3. The average Bonchev–Trinajstić information content (AvgIpc) is 2.77. The monoisotopic (exact) mass is 263 g/mol. The molecule has 18 heavy (non-hydrogen) atoms. The maximum atomic E-state index is 9.88. The van der Waals surface area contributed by atoms with Crippen LogP contribution in [0.5, 0.6) is 5.75 Å². The summed E-state index contributed by atoms with van der Waals surface area (Å²) in [6.07, 6.45) is 4.38. The smallest absolute Gasteiger partial charge is 0.138 e. The van der Waals surface area contributed by atoms with E-state index in [1.54, 1.807) is 6.07 Å². The maximum Gasteiger partial charge on any atom is 0.138 e. The van der Waals surface area contributed by atoms with Gasteiger partial charge < -0.3 is 10.4 Å². The molecule has 0 aliphatic heterocycles. The molecule has 3 fully saturated rings. The summed E-state index contributed by atoms with van der Waals surface area (Å²) in [5, 5.41) is 14.0. The van der Waals surface area contributed by atoms with Crippen molar-refractivity contribution < 1.29 is 5.11 Å². The number of halogens is 1. The van der Waals surface area contributed by atoms with Crippen LogP contribution in [-0.4, -0.2) is 11.1 Å². The van der Waals surface area contributed by atoms with Crippen LogP contribution in [0.4, 0.5) is 0 Å². The van der Waals surface area contributed by atoms with Crippen molar-refractivity contribution in [2.75, 3.05) is 0 Å². The summed E-state index contributed by atoms with van der Waals surface area (Å²) in [7, 11) is 0. The zero-order chi connectivity index (χ0) is 12.3. The zero-order valence-corrected chi connectivity index (χ0v) is 11.0. The SMILES string of the molecule is Oc1c(Cl)cccc1CNC1C2C3CCC(C3)C12. The summed E-state index contributed by atoms with van der Waals surface area (Å²) in [4.78, 5) is 0. The number of phenols is 1. The Labute approximate surface area is 112 Å². The number of rotatable bonds is 3. The van der Waals surface area contributed by atoms with Gasteiger partial charge in [0, 0.05) is 18.2 Å². The van der Waals surface area contributed by atoms with Gasteiger partial charge in [0.15, 0.2) is 0 Å². The fraction of sp³-hybridized carbons (Fsp3) is 0.600. The van der Waals surface area contributed by atoms with Gasteiger partial charge in [0.1, 0.15) is 5.75 Å². The largest absolute Gasteiger partial charge is 0.506 e. The lowest BCUT2D eigenvalue weighted by Crippen LogP contribution is -2.22. The minimum absolute atomic E-state index is 0.237. The van der Waals surface area contributed by atoms with E-state index in [1.165, 1.54) is 19.3 Å². The van der Waals surface area contributed by atoms with Crippen LogP contribution in [0.2, 0.25) is 5.02 Å². The molecule has 0 spiro atoms. The van der Waals surface area contributed by atoms with Crippen LogP contribution in [0.1, 0.15) is 24.8 Å². The minimum atomic E-state index is 0.237. The molecule has 4 unspecified atom stereocenters. The number of fused-ring (bicyclic) bond motifs is 5. The van der Waals surface area contributed by atoms with Crippen molar-refractivity contribution >= 4 is 11.6 Å². The first kappa shape index (κ1) is 11.1. The highest BCUT2D eigenvalue weighted by atomic mass is 35.5. The molecule has 4 atom stereocenters. The maximum absolute atomic E-state index is 9.88. The highest BCUT2D eigenvalue weighted by Crippen LogP contribution is 2.65. The summed E-state index contributed by atoms with van der Waals surface area (Å²) < 4.78 is 0. The molecule has 2 N–H and O–H groups in total. The van der Waals surface area contributed by atoms with Crippen LogP contribution < -0.4 is 5.32 Å². The van der Waals surface area contributed by atoms with E-state index < -0.39 is 0 Å². The van der Waals surface area contributed by atoms with E-state index >= 15 is 0 Å². The molecule has 4 rings (SSSR count). The lowest BCUT2D eigenvalue weighted by atomic mass is 10.0. The quantitative estimate of drug-likeness (QED) is 0.878. The molecule has 3 aliphatic rings. The van der Waals surface area contributed by atoms with Crippen molar-refractivity contribution in [1.29, 1.82) is 0 Å². The molecular formula is C15H18ClNO. The predicted octanol–water partition coefficient (Wildman–Crippen LogP) is 3.18. The summed E-state index contributed by atoms with van der Waals surface area (Å²) in [6.45, 7) is 0.740. The van der Waals surface area contributed by atoms with Crippen molar-refractivity contribution in [3.05, 3.63) is 28.8 Å². The Balaban J connectivity index is 1.42. The third kappa shape index (κ3) is 1.52. The van der Waals surface area contributed by atoms with Gasteiger partial charge in [-0.05, 0) is 49.0 Å². The highest BCUT2D eigenvalue weighted by Gasteiger charge is 2.64.